The molecule has 0 aliphatic carbocycles. The predicted molar refractivity (Wildman–Crippen MR) is 88.1 cm³/mol. The molecule has 0 N–H and O–H groups in total. The van der Waals surface area contributed by atoms with E-state index >= 15 is 0 Å². The van der Waals surface area contributed by atoms with E-state index in [1.807, 2.05) is 19.0 Å². The highest BCUT2D eigenvalue weighted by Gasteiger charge is 2.34. The summed E-state index contributed by atoms with van der Waals surface area (Å²) in [6.45, 7) is 0.909. The van der Waals surface area contributed by atoms with E-state index in [2.05, 4.69) is 9.97 Å². The van der Waals surface area contributed by atoms with Gasteiger partial charge in [-0.2, -0.15) is 4.31 Å². The summed E-state index contributed by atoms with van der Waals surface area (Å²) in [5.74, 6) is 0.688. The Bertz CT molecular complexity index is 762. The molecule has 0 spiro atoms. The number of morpholine rings is 1. The molecule has 0 amide bonds. The van der Waals surface area contributed by atoms with Gasteiger partial charge in [-0.1, -0.05) is 6.07 Å². The Morgan fingerprint density at radius 1 is 1.35 bits per heavy atom. The summed E-state index contributed by atoms with van der Waals surface area (Å²) in [7, 11) is 0.260. The van der Waals surface area contributed by atoms with Crippen LogP contribution in [0.5, 0.6) is 0 Å². The van der Waals surface area contributed by atoms with Crippen LogP contribution in [-0.4, -0.2) is 56.5 Å². The average Bonchev–Trinajstić information content (AvgIpc) is 3.10. The molecule has 0 bridgehead atoms. The topological polar surface area (TPSA) is 75.6 Å². The SMILES string of the molecule is CN(C)c1nccnc1[C@H]1CN(S(=O)(=O)c2cccs2)CCO1. The summed E-state index contributed by atoms with van der Waals surface area (Å²) in [5.41, 5.74) is 0.656. The van der Waals surface area contributed by atoms with Gasteiger partial charge in [-0.3, -0.25) is 4.98 Å². The van der Waals surface area contributed by atoms with E-state index in [9.17, 15) is 8.42 Å². The molecule has 2 aromatic rings. The third-order valence-corrected chi connectivity index (χ3v) is 6.79. The van der Waals surface area contributed by atoms with Crippen LogP contribution in [0.3, 0.4) is 0 Å². The van der Waals surface area contributed by atoms with Crippen LogP contribution in [0.15, 0.2) is 34.1 Å². The highest BCUT2D eigenvalue weighted by Crippen LogP contribution is 2.30. The first-order valence-electron chi connectivity index (χ1n) is 7.13. The van der Waals surface area contributed by atoms with Crippen LogP contribution < -0.4 is 4.90 Å². The normalized spacial score (nSPS) is 19.7. The lowest BCUT2D eigenvalue weighted by Crippen LogP contribution is -2.42. The number of rotatable bonds is 4. The fraction of sp³-hybridized carbons (Fsp3) is 0.429. The Morgan fingerprint density at radius 2 is 2.13 bits per heavy atom. The van der Waals surface area contributed by atoms with Gasteiger partial charge in [0.2, 0.25) is 0 Å². The second kappa shape index (κ2) is 6.52. The molecule has 3 heterocycles. The molecular formula is C14H18N4O3S2. The van der Waals surface area contributed by atoms with Gasteiger partial charge >= 0.3 is 0 Å². The average molecular weight is 354 g/mol. The molecule has 1 saturated heterocycles. The van der Waals surface area contributed by atoms with Crippen LogP contribution in [0.25, 0.3) is 0 Å². The maximum Gasteiger partial charge on any atom is 0.252 e. The van der Waals surface area contributed by atoms with Gasteiger partial charge in [0.15, 0.2) is 5.82 Å². The molecular weight excluding hydrogens is 336 g/mol. The molecule has 0 aromatic carbocycles. The molecule has 124 valence electrons. The van der Waals surface area contributed by atoms with E-state index in [0.717, 1.165) is 0 Å². The first-order chi connectivity index (χ1) is 11.0. The van der Waals surface area contributed by atoms with Gasteiger partial charge in [-0.15, -0.1) is 11.3 Å². The Morgan fingerprint density at radius 3 is 2.83 bits per heavy atom. The lowest BCUT2D eigenvalue weighted by Gasteiger charge is -2.32. The summed E-state index contributed by atoms with van der Waals surface area (Å²) in [4.78, 5) is 10.5. The fourth-order valence-corrected chi connectivity index (χ4v) is 5.03. The molecule has 0 radical (unpaired) electrons. The van der Waals surface area contributed by atoms with E-state index in [1.54, 1.807) is 29.9 Å². The Hall–Kier alpha value is -1.55. The van der Waals surface area contributed by atoms with Gasteiger partial charge in [-0.05, 0) is 11.4 Å². The first kappa shape index (κ1) is 16.3. The van der Waals surface area contributed by atoms with Crippen LogP contribution in [0, 0.1) is 0 Å². The molecule has 23 heavy (non-hydrogen) atoms. The quantitative estimate of drug-likeness (QED) is 0.825. The summed E-state index contributed by atoms with van der Waals surface area (Å²) < 4.78 is 32.9. The largest absolute Gasteiger partial charge is 0.369 e. The Kier molecular flexibility index (Phi) is 4.62. The van der Waals surface area contributed by atoms with E-state index < -0.39 is 16.1 Å². The zero-order chi connectivity index (χ0) is 16.4. The molecule has 1 fully saturated rings. The zero-order valence-electron chi connectivity index (χ0n) is 12.9. The highest BCUT2D eigenvalue weighted by atomic mass is 32.2. The minimum absolute atomic E-state index is 0.236. The van der Waals surface area contributed by atoms with Crippen molar-refractivity contribution in [3.05, 3.63) is 35.6 Å². The molecule has 7 nitrogen and oxygen atoms in total. The van der Waals surface area contributed by atoms with Gasteiger partial charge in [-0.25, -0.2) is 13.4 Å². The van der Waals surface area contributed by atoms with E-state index in [1.165, 1.54) is 15.6 Å². The third kappa shape index (κ3) is 3.23. The second-order valence-electron chi connectivity index (χ2n) is 5.31. The summed E-state index contributed by atoms with van der Waals surface area (Å²) in [6.07, 6.45) is 2.78. The van der Waals surface area contributed by atoms with Crippen molar-refractivity contribution in [2.45, 2.75) is 10.3 Å². The van der Waals surface area contributed by atoms with Crippen LogP contribution in [-0.2, 0) is 14.8 Å². The number of sulfonamides is 1. The van der Waals surface area contributed by atoms with Crippen molar-refractivity contribution in [1.29, 1.82) is 0 Å². The first-order valence-corrected chi connectivity index (χ1v) is 9.45. The van der Waals surface area contributed by atoms with E-state index in [4.69, 9.17) is 4.74 Å². The monoisotopic (exact) mass is 354 g/mol. The maximum absolute atomic E-state index is 12.7. The molecule has 9 heteroatoms. The number of ether oxygens (including phenoxy) is 1. The second-order valence-corrected chi connectivity index (χ2v) is 8.43. The van der Waals surface area contributed by atoms with Crippen LogP contribution >= 0.6 is 11.3 Å². The molecule has 0 saturated carbocycles. The van der Waals surface area contributed by atoms with E-state index in [0.29, 0.717) is 28.9 Å². The van der Waals surface area contributed by atoms with Crippen molar-refractivity contribution in [3.63, 3.8) is 0 Å². The van der Waals surface area contributed by atoms with Crippen LogP contribution in [0.4, 0.5) is 5.82 Å². The van der Waals surface area contributed by atoms with Gasteiger partial charge in [0.05, 0.1) is 6.61 Å². The molecule has 2 aromatic heterocycles. The predicted octanol–water partition coefficient (Wildman–Crippen LogP) is 1.37. The van der Waals surface area contributed by atoms with E-state index in [-0.39, 0.29) is 6.54 Å². The lowest BCUT2D eigenvalue weighted by atomic mass is 10.2. The number of nitrogens with zero attached hydrogens (tertiary/aromatic N) is 4. The summed E-state index contributed by atoms with van der Waals surface area (Å²) in [6, 6.07) is 3.36. The Balaban J connectivity index is 1.88. The van der Waals surface area contributed by atoms with Crippen molar-refractivity contribution >= 4 is 27.2 Å². The minimum atomic E-state index is -3.48. The van der Waals surface area contributed by atoms with Crippen molar-refractivity contribution in [1.82, 2.24) is 14.3 Å². The molecule has 0 unspecified atom stereocenters. The highest BCUT2D eigenvalue weighted by molar-refractivity contribution is 7.91. The third-order valence-electron chi connectivity index (χ3n) is 3.55. The van der Waals surface area contributed by atoms with Crippen molar-refractivity contribution < 1.29 is 13.2 Å². The summed E-state index contributed by atoms with van der Waals surface area (Å²) in [5, 5.41) is 1.76. The lowest BCUT2D eigenvalue weighted by molar-refractivity contribution is -0.00475. The van der Waals surface area contributed by atoms with Crippen LogP contribution in [0.1, 0.15) is 11.8 Å². The Labute approximate surface area is 139 Å². The summed E-state index contributed by atoms with van der Waals surface area (Å²) >= 11 is 1.22. The fourth-order valence-electron chi connectivity index (χ4n) is 2.46. The molecule has 1 aliphatic rings. The van der Waals surface area contributed by atoms with Gasteiger partial charge in [0, 0.05) is 39.6 Å². The standard InChI is InChI=1S/C14H18N4O3S2/c1-17(2)14-13(15-5-6-16-14)11-10-18(7-8-21-11)23(19,20)12-4-3-9-22-12/h3-6,9,11H,7-8,10H2,1-2H3/t11-/m1/s1. The van der Waals surface area contributed by atoms with Crippen molar-refractivity contribution in [3.8, 4) is 0 Å². The molecule has 1 atom stereocenters. The van der Waals surface area contributed by atoms with Crippen molar-refractivity contribution in [2.75, 3.05) is 38.7 Å². The number of aromatic nitrogens is 2. The molecule has 3 rings (SSSR count). The minimum Gasteiger partial charge on any atom is -0.369 e. The number of hydrogen-bond donors (Lipinski definition) is 0. The van der Waals surface area contributed by atoms with Gasteiger partial charge < -0.3 is 9.64 Å². The number of anilines is 1. The van der Waals surface area contributed by atoms with Gasteiger partial charge in [0.25, 0.3) is 10.0 Å². The number of hydrogen-bond acceptors (Lipinski definition) is 7. The van der Waals surface area contributed by atoms with Gasteiger partial charge in [0.1, 0.15) is 16.0 Å². The number of thiophene rings is 1. The van der Waals surface area contributed by atoms with Crippen LogP contribution in [0.2, 0.25) is 0 Å². The van der Waals surface area contributed by atoms with Crippen molar-refractivity contribution in [2.24, 2.45) is 0 Å². The smallest absolute Gasteiger partial charge is 0.252 e. The zero-order valence-corrected chi connectivity index (χ0v) is 14.5. The maximum atomic E-state index is 12.7. The molecule has 1 aliphatic heterocycles.